The predicted octanol–water partition coefficient (Wildman–Crippen LogP) is 0.173. The summed E-state index contributed by atoms with van der Waals surface area (Å²) in [6, 6.07) is 1.77. The van der Waals surface area contributed by atoms with Crippen molar-refractivity contribution in [1.29, 1.82) is 0 Å². The second-order valence-electron chi connectivity index (χ2n) is 4.30. The molecule has 3 amide bonds. The Balaban J connectivity index is 2.68. The van der Waals surface area contributed by atoms with Gasteiger partial charge < -0.3 is 11.1 Å². The van der Waals surface area contributed by atoms with Gasteiger partial charge in [0.1, 0.15) is 6.04 Å². The molecule has 19 heavy (non-hydrogen) atoms. The molecule has 104 valence electrons. The number of urea groups is 1. The highest BCUT2D eigenvalue weighted by Gasteiger charge is 2.21. The Labute approximate surface area is 109 Å². The van der Waals surface area contributed by atoms with Crippen LogP contribution in [0.3, 0.4) is 0 Å². The summed E-state index contributed by atoms with van der Waals surface area (Å²) in [5, 5.41) is 3.57. The summed E-state index contributed by atoms with van der Waals surface area (Å²) in [5.41, 5.74) is 5.37. The van der Waals surface area contributed by atoms with E-state index >= 15 is 0 Å². The summed E-state index contributed by atoms with van der Waals surface area (Å²) >= 11 is 0. The van der Waals surface area contributed by atoms with Crippen LogP contribution in [0.2, 0.25) is 0 Å². The summed E-state index contributed by atoms with van der Waals surface area (Å²) in [7, 11) is 0. The number of amides is 3. The van der Waals surface area contributed by atoms with Crippen LogP contribution in [0.15, 0.2) is 18.2 Å². The summed E-state index contributed by atoms with van der Waals surface area (Å²) in [6.45, 7) is 3.31. The Hall–Kier alpha value is -2.02. The third-order valence-electron chi connectivity index (χ3n) is 2.71. The first-order valence-corrected chi connectivity index (χ1v) is 5.71. The number of imide groups is 1. The molecule has 0 aliphatic heterocycles. The number of rotatable bonds is 4. The molecule has 0 spiro atoms. The lowest BCUT2D eigenvalue weighted by Crippen LogP contribution is -2.92. The highest BCUT2D eigenvalue weighted by atomic mass is 19.2. The quantitative estimate of drug-likeness (QED) is 0.729. The van der Waals surface area contributed by atoms with E-state index in [0.29, 0.717) is 5.56 Å². The van der Waals surface area contributed by atoms with Crippen LogP contribution in [-0.2, 0) is 4.79 Å². The molecule has 0 heterocycles. The molecule has 0 aliphatic rings. The number of halogens is 2. The van der Waals surface area contributed by atoms with Gasteiger partial charge in [-0.05, 0) is 32.0 Å². The molecule has 0 saturated heterocycles. The van der Waals surface area contributed by atoms with Gasteiger partial charge in [-0.3, -0.25) is 10.1 Å². The first-order valence-electron chi connectivity index (χ1n) is 5.71. The number of hydrogen-bond acceptors (Lipinski definition) is 2. The predicted molar refractivity (Wildman–Crippen MR) is 63.9 cm³/mol. The van der Waals surface area contributed by atoms with Crippen molar-refractivity contribution in [3.63, 3.8) is 0 Å². The van der Waals surface area contributed by atoms with Crippen LogP contribution in [0.5, 0.6) is 0 Å². The van der Waals surface area contributed by atoms with E-state index in [9.17, 15) is 18.4 Å². The fourth-order valence-corrected chi connectivity index (χ4v) is 1.66. The van der Waals surface area contributed by atoms with Crippen molar-refractivity contribution in [2.75, 3.05) is 0 Å². The number of quaternary nitrogens is 1. The van der Waals surface area contributed by atoms with E-state index in [1.54, 1.807) is 19.2 Å². The minimum absolute atomic E-state index is 0.274. The molecule has 0 radical (unpaired) electrons. The zero-order valence-electron chi connectivity index (χ0n) is 10.6. The van der Waals surface area contributed by atoms with E-state index in [1.807, 2.05) is 5.32 Å². The van der Waals surface area contributed by atoms with Gasteiger partial charge in [0.05, 0.1) is 0 Å². The summed E-state index contributed by atoms with van der Waals surface area (Å²) in [6.07, 6.45) is 0. The van der Waals surface area contributed by atoms with E-state index in [4.69, 9.17) is 5.73 Å². The van der Waals surface area contributed by atoms with Crippen molar-refractivity contribution in [2.45, 2.75) is 25.9 Å². The van der Waals surface area contributed by atoms with E-state index < -0.39 is 29.6 Å². The minimum Gasteiger partial charge on any atom is -0.351 e. The molecule has 5 nitrogen and oxygen atoms in total. The Morgan fingerprint density at radius 2 is 1.89 bits per heavy atom. The Bertz CT molecular complexity index is 494. The molecule has 7 heteroatoms. The first-order chi connectivity index (χ1) is 8.81. The molecule has 1 aromatic carbocycles. The van der Waals surface area contributed by atoms with Crippen molar-refractivity contribution in [1.82, 2.24) is 5.32 Å². The fraction of sp³-hybridized carbons (Fsp3) is 0.333. The SMILES string of the molecule is C[C@@H]([NH2+][C@H](C)c1ccc(F)c(F)c1)C(=O)NC(N)=O. The van der Waals surface area contributed by atoms with E-state index in [0.717, 1.165) is 12.1 Å². The van der Waals surface area contributed by atoms with Crippen molar-refractivity contribution < 1.29 is 23.7 Å². The standard InChI is InChI=1S/C12H15F2N3O2/c1-6(8-3-4-9(13)10(14)5-8)16-7(2)11(18)17-12(15)19/h3-7,16H,1-2H3,(H3,15,17,18,19)/p+1/t6-,7-/m1/s1. The van der Waals surface area contributed by atoms with Gasteiger partial charge in [0, 0.05) is 5.56 Å². The monoisotopic (exact) mass is 272 g/mol. The van der Waals surface area contributed by atoms with Gasteiger partial charge in [-0.2, -0.15) is 0 Å². The molecule has 1 rings (SSSR count). The minimum atomic E-state index is -0.938. The van der Waals surface area contributed by atoms with E-state index in [-0.39, 0.29) is 6.04 Å². The Morgan fingerprint density at radius 1 is 1.26 bits per heavy atom. The average Bonchev–Trinajstić information content (AvgIpc) is 2.31. The molecule has 0 aromatic heterocycles. The molecule has 1 aromatic rings. The van der Waals surface area contributed by atoms with Crippen LogP contribution in [0.25, 0.3) is 0 Å². The van der Waals surface area contributed by atoms with Gasteiger partial charge in [0.2, 0.25) is 0 Å². The van der Waals surface area contributed by atoms with Crippen molar-refractivity contribution in [3.05, 3.63) is 35.4 Å². The van der Waals surface area contributed by atoms with Gasteiger partial charge in [-0.25, -0.2) is 13.6 Å². The molecular formula is C12H16F2N3O2+. The molecular weight excluding hydrogens is 256 g/mol. The number of hydrogen-bond donors (Lipinski definition) is 3. The van der Waals surface area contributed by atoms with E-state index in [1.165, 1.54) is 6.07 Å². The fourth-order valence-electron chi connectivity index (χ4n) is 1.66. The molecule has 0 bridgehead atoms. The van der Waals surface area contributed by atoms with Crippen LogP contribution in [0.4, 0.5) is 13.6 Å². The van der Waals surface area contributed by atoms with Gasteiger partial charge in [0.25, 0.3) is 5.91 Å². The average molecular weight is 272 g/mol. The van der Waals surface area contributed by atoms with Gasteiger partial charge in [-0.1, -0.05) is 0 Å². The zero-order chi connectivity index (χ0) is 14.6. The van der Waals surface area contributed by atoms with Gasteiger partial charge in [0.15, 0.2) is 17.7 Å². The van der Waals surface area contributed by atoms with Crippen LogP contribution < -0.4 is 16.4 Å². The Morgan fingerprint density at radius 3 is 2.42 bits per heavy atom. The number of carbonyl (C=O) groups excluding carboxylic acids is 2. The van der Waals surface area contributed by atoms with Crippen LogP contribution in [0.1, 0.15) is 25.5 Å². The second kappa shape index (κ2) is 6.24. The third-order valence-corrected chi connectivity index (χ3v) is 2.71. The normalized spacial score (nSPS) is 13.7. The lowest BCUT2D eigenvalue weighted by molar-refractivity contribution is -0.710. The van der Waals surface area contributed by atoms with Crippen LogP contribution in [0, 0.1) is 11.6 Å². The van der Waals surface area contributed by atoms with Crippen molar-refractivity contribution in [3.8, 4) is 0 Å². The lowest BCUT2D eigenvalue weighted by atomic mass is 10.1. The van der Waals surface area contributed by atoms with Crippen LogP contribution in [-0.4, -0.2) is 18.0 Å². The van der Waals surface area contributed by atoms with Gasteiger partial charge in [-0.15, -0.1) is 0 Å². The summed E-state index contributed by atoms with van der Waals surface area (Å²) in [5.74, 6) is -2.40. The second-order valence-corrected chi connectivity index (χ2v) is 4.30. The highest BCUT2D eigenvalue weighted by molar-refractivity contribution is 5.95. The van der Waals surface area contributed by atoms with E-state index in [2.05, 4.69) is 0 Å². The summed E-state index contributed by atoms with van der Waals surface area (Å²) < 4.78 is 25.9. The third kappa shape index (κ3) is 4.29. The van der Waals surface area contributed by atoms with Crippen molar-refractivity contribution in [2.24, 2.45) is 5.73 Å². The number of primary amides is 1. The Kier molecular flexibility index (Phi) is 4.94. The molecule has 0 unspecified atom stereocenters. The molecule has 0 aliphatic carbocycles. The lowest BCUT2D eigenvalue weighted by Gasteiger charge is -2.16. The maximum atomic E-state index is 13.1. The largest absolute Gasteiger partial charge is 0.351 e. The maximum Gasteiger partial charge on any atom is 0.319 e. The van der Waals surface area contributed by atoms with Gasteiger partial charge >= 0.3 is 6.03 Å². The molecule has 5 N–H and O–H groups in total. The number of carbonyl (C=O) groups is 2. The maximum absolute atomic E-state index is 13.1. The molecule has 2 atom stereocenters. The summed E-state index contributed by atoms with van der Waals surface area (Å²) in [4.78, 5) is 22.0. The van der Waals surface area contributed by atoms with Crippen molar-refractivity contribution >= 4 is 11.9 Å². The first kappa shape index (κ1) is 15.0. The number of nitrogens with one attached hydrogen (secondary N) is 1. The zero-order valence-corrected chi connectivity index (χ0v) is 10.6. The number of nitrogens with two attached hydrogens (primary N) is 2. The topological polar surface area (TPSA) is 88.8 Å². The molecule has 0 saturated carbocycles. The molecule has 0 fully saturated rings. The van der Waals surface area contributed by atoms with Crippen LogP contribution >= 0.6 is 0 Å². The smallest absolute Gasteiger partial charge is 0.319 e. The highest BCUT2D eigenvalue weighted by Crippen LogP contribution is 2.13. The number of benzene rings is 1.